The van der Waals surface area contributed by atoms with E-state index in [0.29, 0.717) is 6.54 Å². The standard InChI is InChI=1S/C17H21N3O/c1-20(15-8-3-4-9-16(15)21-2)17-13(11-18)10-12-6-5-7-14(12)19-17/h3-4,8-10H,5-7,11,18H2,1-2H3. The van der Waals surface area contributed by atoms with Crippen LogP contribution >= 0.6 is 0 Å². The summed E-state index contributed by atoms with van der Waals surface area (Å²) in [4.78, 5) is 6.94. The van der Waals surface area contributed by atoms with Crippen molar-refractivity contribution in [2.45, 2.75) is 25.8 Å². The van der Waals surface area contributed by atoms with Gasteiger partial charge in [0.25, 0.3) is 0 Å². The summed E-state index contributed by atoms with van der Waals surface area (Å²) in [6, 6.07) is 10.2. The number of aryl methyl sites for hydroxylation is 2. The largest absolute Gasteiger partial charge is 0.495 e. The quantitative estimate of drug-likeness (QED) is 0.937. The fourth-order valence-corrected chi connectivity index (χ4v) is 2.97. The van der Waals surface area contributed by atoms with Crippen LogP contribution < -0.4 is 15.4 Å². The van der Waals surface area contributed by atoms with Crippen LogP contribution in [0.25, 0.3) is 0 Å². The molecular formula is C17H21N3O. The summed E-state index contributed by atoms with van der Waals surface area (Å²) in [6.07, 6.45) is 3.37. The number of nitrogens with zero attached hydrogens (tertiary/aromatic N) is 2. The second kappa shape index (κ2) is 5.74. The zero-order valence-corrected chi connectivity index (χ0v) is 12.6. The molecule has 0 radical (unpaired) electrons. The number of benzene rings is 1. The highest BCUT2D eigenvalue weighted by Crippen LogP contribution is 2.34. The van der Waals surface area contributed by atoms with Crippen molar-refractivity contribution in [3.8, 4) is 5.75 Å². The van der Waals surface area contributed by atoms with Crippen LogP contribution in [0.2, 0.25) is 0 Å². The Morgan fingerprint density at radius 2 is 2.10 bits per heavy atom. The molecule has 1 aromatic carbocycles. The fourth-order valence-electron chi connectivity index (χ4n) is 2.97. The molecule has 3 rings (SSSR count). The minimum Gasteiger partial charge on any atom is -0.495 e. The molecule has 0 bridgehead atoms. The Balaban J connectivity index is 2.07. The SMILES string of the molecule is COc1ccccc1N(C)c1nc2c(cc1CN)CCC2. The van der Waals surface area contributed by atoms with Crippen LogP contribution in [0.15, 0.2) is 30.3 Å². The molecule has 2 aromatic rings. The Kier molecular flexibility index (Phi) is 3.80. The first kappa shape index (κ1) is 13.9. The maximum Gasteiger partial charge on any atom is 0.142 e. The van der Waals surface area contributed by atoms with Gasteiger partial charge in [0.05, 0.1) is 12.8 Å². The zero-order valence-electron chi connectivity index (χ0n) is 12.6. The Bertz CT molecular complexity index is 654. The average Bonchev–Trinajstić information content (AvgIpc) is 3.00. The van der Waals surface area contributed by atoms with Gasteiger partial charge in [-0.25, -0.2) is 4.98 Å². The lowest BCUT2D eigenvalue weighted by molar-refractivity contribution is 0.415. The predicted molar refractivity (Wildman–Crippen MR) is 85.2 cm³/mol. The molecule has 1 aromatic heterocycles. The van der Waals surface area contributed by atoms with Crippen molar-refractivity contribution < 1.29 is 4.74 Å². The number of ether oxygens (including phenoxy) is 1. The second-order valence-corrected chi connectivity index (χ2v) is 5.37. The molecular weight excluding hydrogens is 262 g/mol. The third kappa shape index (κ3) is 2.47. The van der Waals surface area contributed by atoms with Gasteiger partial charge in [0, 0.05) is 24.8 Å². The van der Waals surface area contributed by atoms with Crippen molar-refractivity contribution in [3.63, 3.8) is 0 Å². The summed E-state index contributed by atoms with van der Waals surface area (Å²) in [5, 5.41) is 0. The van der Waals surface area contributed by atoms with Crippen molar-refractivity contribution >= 4 is 11.5 Å². The first-order valence-corrected chi connectivity index (χ1v) is 7.33. The number of hydrogen-bond donors (Lipinski definition) is 1. The van der Waals surface area contributed by atoms with Gasteiger partial charge in [-0.1, -0.05) is 12.1 Å². The molecule has 21 heavy (non-hydrogen) atoms. The zero-order chi connectivity index (χ0) is 14.8. The first-order valence-electron chi connectivity index (χ1n) is 7.33. The number of rotatable bonds is 4. The highest BCUT2D eigenvalue weighted by Gasteiger charge is 2.19. The van der Waals surface area contributed by atoms with Gasteiger partial charge in [-0.15, -0.1) is 0 Å². The Hall–Kier alpha value is -2.07. The average molecular weight is 283 g/mol. The Morgan fingerprint density at radius 1 is 1.29 bits per heavy atom. The molecule has 4 nitrogen and oxygen atoms in total. The maximum atomic E-state index is 5.93. The highest BCUT2D eigenvalue weighted by atomic mass is 16.5. The Labute approximate surface area is 125 Å². The third-order valence-corrected chi connectivity index (χ3v) is 4.09. The van der Waals surface area contributed by atoms with Gasteiger partial charge in [-0.2, -0.15) is 0 Å². The van der Waals surface area contributed by atoms with E-state index in [1.807, 2.05) is 31.3 Å². The van der Waals surface area contributed by atoms with Gasteiger partial charge < -0.3 is 15.4 Å². The number of anilines is 2. The molecule has 0 spiro atoms. The molecule has 0 amide bonds. The number of pyridine rings is 1. The molecule has 0 saturated heterocycles. The number of nitrogens with two attached hydrogens (primary N) is 1. The van der Waals surface area contributed by atoms with Gasteiger partial charge >= 0.3 is 0 Å². The summed E-state index contributed by atoms with van der Waals surface area (Å²) in [5.41, 5.74) is 10.6. The van der Waals surface area contributed by atoms with E-state index in [-0.39, 0.29) is 0 Å². The van der Waals surface area contributed by atoms with Crippen LogP contribution in [-0.2, 0) is 19.4 Å². The minimum absolute atomic E-state index is 0.495. The van der Waals surface area contributed by atoms with Crippen LogP contribution in [0.1, 0.15) is 23.2 Å². The summed E-state index contributed by atoms with van der Waals surface area (Å²) in [6.45, 7) is 0.495. The van der Waals surface area contributed by atoms with E-state index in [4.69, 9.17) is 15.5 Å². The summed E-state index contributed by atoms with van der Waals surface area (Å²) in [7, 11) is 3.70. The van der Waals surface area contributed by atoms with Crippen molar-refractivity contribution in [2.75, 3.05) is 19.1 Å². The van der Waals surface area contributed by atoms with E-state index in [9.17, 15) is 0 Å². The van der Waals surface area contributed by atoms with Gasteiger partial charge in [0.1, 0.15) is 11.6 Å². The Morgan fingerprint density at radius 3 is 2.86 bits per heavy atom. The number of hydrogen-bond acceptors (Lipinski definition) is 4. The summed E-state index contributed by atoms with van der Waals surface area (Å²) in [5.74, 6) is 1.77. The molecule has 0 atom stereocenters. The monoisotopic (exact) mass is 283 g/mol. The minimum atomic E-state index is 0.495. The van der Waals surface area contributed by atoms with Crippen molar-refractivity contribution in [2.24, 2.45) is 5.73 Å². The van der Waals surface area contributed by atoms with Crippen LogP contribution in [0.3, 0.4) is 0 Å². The molecule has 110 valence electrons. The smallest absolute Gasteiger partial charge is 0.142 e. The lowest BCUT2D eigenvalue weighted by Crippen LogP contribution is -2.17. The molecule has 0 unspecified atom stereocenters. The molecule has 2 N–H and O–H groups in total. The molecule has 0 saturated carbocycles. The third-order valence-electron chi connectivity index (χ3n) is 4.09. The summed E-state index contributed by atoms with van der Waals surface area (Å²) < 4.78 is 5.45. The lowest BCUT2D eigenvalue weighted by atomic mass is 10.1. The van der Waals surface area contributed by atoms with Gasteiger partial charge in [-0.05, 0) is 43.0 Å². The molecule has 1 aliphatic rings. The van der Waals surface area contributed by atoms with Crippen molar-refractivity contribution in [3.05, 3.63) is 47.2 Å². The normalized spacial score (nSPS) is 13.1. The van der Waals surface area contributed by atoms with Crippen LogP contribution in [0.4, 0.5) is 11.5 Å². The van der Waals surface area contributed by atoms with E-state index < -0.39 is 0 Å². The van der Waals surface area contributed by atoms with E-state index >= 15 is 0 Å². The summed E-state index contributed by atoms with van der Waals surface area (Å²) >= 11 is 0. The molecule has 1 aliphatic carbocycles. The number of fused-ring (bicyclic) bond motifs is 1. The van der Waals surface area contributed by atoms with Gasteiger partial charge in [-0.3, -0.25) is 0 Å². The van der Waals surface area contributed by atoms with Crippen molar-refractivity contribution in [1.82, 2.24) is 4.98 Å². The van der Waals surface area contributed by atoms with Crippen LogP contribution in [0, 0.1) is 0 Å². The highest BCUT2D eigenvalue weighted by molar-refractivity contribution is 5.68. The fraction of sp³-hybridized carbons (Fsp3) is 0.353. The molecule has 4 heteroatoms. The van der Waals surface area contributed by atoms with E-state index in [1.165, 1.54) is 17.7 Å². The first-order chi connectivity index (χ1) is 10.2. The molecule has 1 heterocycles. The number of para-hydroxylation sites is 2. The van der Waals surface area contributed by atoms with Crippen molar-refractivity contribution in [1.29, 1.82) is 0 Å². The lowest BCUT2D eigenvalue weighted by Gasteiger charge is -2.24. The van der Waals surface area contributed by atoms with Crippen LogP contribution in [-0.4, -0.2) is 19.1 Å². The van der Waals surface area contributed by atoms with Gasteiger partial charge in [0.2, 0.25) is 0 Å². The molecule has 0 fully saturated rings. The van der Waals surface area contributed by atoms with Gasteiger partial charge in [0.15, 0.2) is 0 Å². The van der Waals surface area contributed by atoms with E-state index in [1.54, 1.807) is 7.11 Å². The second-order valence-electron chi connectivity index (χ2n) is 5.37. The van der Waals surface area contributed by atoms with Crippen LogP contribution in [0.5, 0.6) is 5.75 Å². The molecule has 0 aliphatic heterocycles. The number of aromatic nitrogens is 1. The predicted octanol–water partition coefficient (Wildman–Crippen LogP) is 2.81. The van der Waals surface area contributed by atoms with E-state index in [2.05, 4.69) is 11.0 Å². The maximum absolute atomic E-state index is 5.93. The number of methoxy groups -OCH3 is 1. The van der Waals surface area contributed by atoms with E-state index in [0.717, 1.165) is 35.7 Å². The topological polar surface area (TPSA) is 51.4 Å².